The number of hydrogen-bond acceptors (Lipinski definition) is 6. The number of nitrogens with one attached hydrogen (secondary N) is 1. The Kier molecular flexibility index (Phi) is 10.4. The summed E-state index contributed by atoms with van der Waals surface area (Å²) >= 11 is 0. The fourth-order valence-electron chi connectivity index (χ4n) is 3.66. The van der Waals surface area contributed by atoms with E-state index in [1.54, 1.807) is 26.0 Å². The van der Waals surface area contributed by atoms with Crippen molar-refractivity contribution in [2.45, 2.75) is 84.6 Å². The number of azo groups is 1. The first-order valence-electron chi connectivity index (χ1n) is 12.1. The Morgan fingerprint density at radius 1 is 1.00 bits per heavy atom. The van der Waals surface area contributed by atoms with Crippen LogP contribution in [0, 0.1) is 19.8 Å². The third kappa shape index (κ3) is 6.99. The first-order chi connectivity index (χ1) is 16.2. The third-order valence-electron chi connectivity index (χ3n) is 6.17. The Hall–Kier alpha value is -2.52. The van der Waals surface area contributed by atoms with Crippen LogP contribution in [0.4, 0.5) is 11.4 Å². The second-order valence-corrected chi connectivity index (χ2v) is 10.5. The summed E-state index contributed by atoms with van der Waals surface area (Å²) in [6.07, 6.45) is 5.74. The number of aromatic hydroxyl groups is 1. The molecule has 1 heterocycles. The van der Waals surface area contributed by atoms with Crippen molar-refractivity contribution in [3.05, 3.63) is 45.7 Å². The molecule has 0 aliphatic heterocycles. The molecule has 34 heavy (non-hydrogen) atoms. The van der Waals surface area contributed by atoms with Crippen LogP contribution in [0.1, 0.15) is 70.4 Å². The second kappa shape index (κ2) is 12.8. The van der Waals surface area contributed by atoms with Gasteiger partial charge in [0.25, 0.3) is 5.56 Å². The highest BCUT2D eigenvalue weighted by Gasteiger charge is 2.19. The van der Waals surface area contributed by atoms with Crippen molar-refractivity contribution >= 4 is 21.4 Å². The summed E-state index contributed by atoms with van der Waals surface area (Å²) in [6, 6.07) is 6.07. The number of unbranched alkanes of at least 4 members (excludes halogenated alkanes) is 2. The van der Waals surface area contributed by atoms with Crippen molar-refractivity contribution in [1.29, 1.82) is 0 Å². The summed E-state index contributed by atoms with van der Waals surface area (Å²) in [5.41, 5.74) is 1.57. The van der Waals surface area contributed by atoms with Crippen LogP contribution in [-0.4, -0.2) is 24.6 Å². The molecule has 0 amide bonds. The fourth-order valence-corrected chi connectivity index (χ4v) is 4.74. The lowest BCUT2D eigenvalue weighted by molar-refractivity contribution is 0.340. The first kappa shape index (κ1) is 27.7. The molecule has 2 rings (SSSR count). The second-order valence-electron chi connectivity index (χ2n) is 8.70. The van der Waals surface area contributed by atoms with E-state index in [1.165, 1.54) is 16.7 Å². The molecule has 2 N–H and O–H groups in total. The molecule has 1 unspecified atom stereocenters. The SMILES string of the molecule is CCCCNS(=O)(=O)c1ccc(/N=N/c2c(C)c(C)c(=O)n(CC(CC)CCCC)c2O)cc1. The van der Waals surface area contributed by atoms with Crippen LogP contribution in [0.25, 0.3) is 0 Å². The van der Waals surface area contributed by atoms with E-state index in [0.29, 0.717) is 29.9 Å². The highest BCUT2D eigenvalue weighted by molar-refractivity contribution is 7.89. The van der Waals surface area contributed by atoms with Gasteiger partial charge in [0.05, 0.1) is 10.6 Å². The molecular weight excluding hydrogens is 452 g/mol. The van der Waals surface area contributed by atoms with Gasteiger partial charge in [0, 0.05) is 18.7 Å². The van der Waals surface area contributed by atoms with Crippen molar-refractivity contribution in [2.75, 3.05) is 6.54 Å². The normalized spacial score (nSPS) is 13.0. The largest absolute Gasteiger partial charge is 0.493 e. The van der Waals surface area contributed by atoms with Crippen molar-refractivity contribution in [1.82, 2.24) is 9.29 Å². The van der Waals surface area contributed by atoms with Gasteiger partial charge in [0.1, 0.15) is 5.69 Å². The van der Waals surface area contributed by atoms with Crippen LogP contribution in [-0.2, 0) is 16.6 Å². The minimum Gasteiger partial charge on any atom is -0.493 e. The van der Waals surface area contributed by atoms with Gasteiger partial charge in [-0.2, -0.15) is 5.11 Å². The number of benzene rings is 1. The molecule has 2 aromatic rings. The number of nitrogens with zero attached hydrogens (tertiary/aromatic N) is 3. The number of sulfonamides is 1. The maximum atomic E-state index is 12.9. The summed E-state index contributed by atoms with van der Waals surface area (Å²) in [6.45, 7) is 10.5. The lowest BCUT2D eigenvalue weighted by Gasteiger charge is -2.19. The van der Waals surface area contributed by atoms with Gasteiger partial charge in [-0.1, -0.05) is 46.5 Å². The highest BCUT2D eigenvalue weighted by Crippen LogP contribution is 2.33. The van der Waals surface area contributed by atoms with E-state index >= 15 is 0 Å². The maximum absolute atomic E-state index is 12.9. The zero-order valence-electron chi connectivity index (χ0n) is 21.0. The summed E-state index contributed by atoms with van der Waals surface area (Å²) in [7, 11) is -3.57. The highest BCUT2D eigenvalue weighted by atomic mass is 32.2. The molecule has 188 valence electrons. The first-order valence-corrected chi connectivity index (χ1v) is 13.6. The monoisotopic (exact) mass is 490 g/mol. The molecule has 0 saturated heterocycles. The molecule has 0 aliphatic carbocycles. The van der Waals surface area contributed by atoms with Crippen LogP contribution in [0.5, 0.6) is 5.88 Å². The van der Waals surface area contributed by atoms with Gasteiger partial charge in [0.15, 0.2) is 0 Å². The molecule has 8 nitrogen and oxygen atoms in total. The zero-order valence-corrected chi connectivity index (χ0v) is 21.8. The molecular formula is C25H38N4O4S. The van der Waals surface area contributed by atoms with Gasteiger partial charge in [-0.15, -0.1) is 5.11 Å². The predicted molar refractivity (Wildman–Crippen MR) is 136 cm³/mol. The maximum Gasteiger partial charge on any atom is 0.256 e. The average molecular weight is 491 g/mol. The van der Waals surface area contributed by atoms with Crippen molar-refractivity contribution < 1.29 is 13.5 Å². The summed E-state index contributed by atoms with van der Waals surface area (Å²) in [5.74, 6) is 0.0991. The quantitative estimate of drug-likeness (QED) is 0.269. The van der Waals surface area contributed by atoms with Crippen LogP contribution < -0.4 is 10.3 Å². The number of hydrogen-bond donors (Lipinski definition) is 2. The Labute approximate surface area is 203 Å². The molecule has 0 spiro atoms. The standard InChI is InChI=1S/C25H38N4O4S/c1-6-9-11-20(8-3)17-29-24(30)19(5)18(4)23(25(29)31)28-27-21-12-14-22(15-13-21)34(32,33)26-16-10-7-2/h12-15,20,26,31H,6-11,16-17H2,1-5H3/b28-27+. The van der Waals surface area contributed by atoms with E-state index < -0.39 is 10.0 Å². The third-order valence-corrected chi connectivity index (χ3v) is 7.65. The van der Waals surface area contributed by atoms with Gasteiger partial charge in [-0.3, -0.25) is 9.36 Å². The van der Waals surface area contributed by atoms with Gasteiger partial charge in [-0.05, 0) is 62.4 Å². The molecule has 1 atom stereocenters. The Bertz CT molecular complexity index is 1140. The van der Waals surface area contributed by atoms with Gasteiger partial charge in [0.2, 0.25) is 15.9 Å². The minimum absolute atomic E-state index is 0.156. The summed E-state index contributed by atoms with van der Waals surface area (Å²) in [4.78, 5) is 13.0. The van der Waals surface area contributed by atoms with Crippen molar-refractivity contribution in [3.8, 4) is 5.88 Å². The average Bonchev–Trinajstić information content (AvgIpc) is 2.82. The van der Waals surface area contributed by atoms with E-state index in [2.05, 4.69) is 28.8 Å². The van der Waals surface area contributed by atoms with Crippen molar-refractivity contribution in [3.63, 3.8) is 0 Å². The molecule has 9 heteroatoms. The van der Waals surface area contributed by atoms with E-state index in [9.17, 15) is 18.3 Å². The van der Waals surface area contributed by atoms with E-state index in [4.69, 9.17) is 0 Å². The fraction of sp³-hybridized carbons (Fsp3) is 0.560. The van der Waals surface area contributed by atoms with Crippen LogP contribution >= 0.6 is 0 Å². The van der Waals surface area contributed by atoms with Gasteiger partial charge < -0.3 is 5.11 Å². The molecule has 0 radical (unpaired) electrons. The number of rotatable bonds is 13. The van der Waals surface area contributed by atoms with Crippen molar-refractivity contribution in [2.24, 2.45) is 16.1 Å². The lowest BCUT2D eigenvalue weighted by Crippen LogP contribution is -2.26. The minimum atomic E-state index is -3.57. The number of pyridine rings is 1. The van der Waals surface area contributed by atoms with E-state index in [1.807, 2.05) is 6.92 Å². The molecule has 1 aromatic carbocycles. The van der Waals surface area contributed by atoms with E-state index in [-0.39, 0.29) is 27.9 Å². The smallest absolute Gasteiger partial charge is 0.256 e. The molecule has 0 fully saturated rings. The molecule has 0 saturated carbocycles. The Morgan fingerprint density at radius 3 is 2.24 bits per heavy atom. The summed E-state index contributed by atoms with van der Waals surface area (Å²) < 4.78 is 28.7. The Balaban J connectivity index is 2.31. The number of aromatic nitrogens is 1. The van der Waals surface area contributed by atoms with Gasteiger partial charge in [-0.25, -0.2) is 13.1 Å². The van der Waals surface area contributed by atoms with Crippen LogP contribution in [0.2, 0.25) is 0 Å². The van der Waals surface area contributed by atoms with Crippen LogP contribution in [0.15, 0.2) is 44.2 Å². The molecule has 0 aliphatic rings. The lowest BCUT2D eigenvalue weighted by atomic mass is 9.99. The molecule has 1 aromatic heterocycles. The topological polar surface area (TPSA) is 113 Å². The Morgan fingerprint density at radius 2 is 1.65 bits per heavy atom. The summed E-state index contributed by atoms with van der Waals surface area (Å²) in [5, 5.41) is 19.3. The molecule has 0 bridgehead atoms. The van der Waals surface area contributed by atoms with E-state index in [0.717, 1.165) is 38.5 Å². The van der Waals surface area contributed by atoms with Crippen LogP contribution in [0.3, 0.4) is 0 Å². The van der Waals surface area contributed by atoms with Gasteiger partial charge >= 0.3 is 0 Å². The zero-order chi connectivity index (χ0) is 25.3. The predicted octanol–water partition coefficient (Wildman–Crippen LogP) is 5.88.